The average molecular weight is 150 g/mol. The second-order valence-electron chi connectivity index (χ2n) is 0.492. The molecule has 7 heavy (non-hydrogen) atoms. The van der Waals surface area contributed by atoms with Crippen LogP contribution in [-0.2, 0) is 21.9 Å². The molecule has 0 amide bonds. The number of hydrogen-bond donors (Lipinski definition) is 0. The fourth-order valence-electron chi connectivity index (χ4n) is 0. The Morgan fingerprint density at radius 3 is 1.43 bits per heavy atom. The predicted molar refractivity (Wildman–Crippen MR) is 17.9 cm³/mol. The summed E-state index contributed by atoms with van der Waals surface area (Å²) in [7, 11) is 0. The molecular weight excluding hydrogens is 143 g/mol. The maximum absolute atomic E-state index is 8.89. The van der Waals surface area contributed by atoms with Crippen LogP contribution in [0.25, 0.3) is 0 Å². The SMILES string of the molecule is CC(=O)[O-].O.O.[Mn+2]. The van der Waals surface area contributed by atoms with E-state index in [2.05, 4.69) is 0 Å². The standard InChI is InChI=1S/C2H4O2.Mn.2H2O/c1-2(3)4;;;/h1H3,(H,3,4);;2*1H2/q;+2;;/p-1. The second-order valence-corrected chi connectivity index (χ2v) is 0.492. The molecule has 0 aromatic heterocycles. The van der Waals surface area contributed by atoms with Crippen LogP contribution in [-0.4, -0.2) is 16.9 Å². The van der Waals surface area contributed by atoms with Crippen molar-refractivity contribution in [2.75, 3.05) is 0 Å². The van der Waals surface area contributed by atoms with Gasteiger partial charge in [-0.3, -0.25) is 0 Å². The van der Waals surface area contributed by atoms with E-state index in [1.807, 2.05) is 0 Å². The van der Waals surface area contributed by atoms with Crippen LogP contribution in [0, 0.1) is 0 Å². The molecular formula is C2H7MnO4+. The minimum absolute atomic E-state index is 0. The summed E-state index contributed by atoms with van der Waals surface area (Å²) < 4.78 is 0. The van der Waals surface area contributed by atoms with Gasteiger partial charge in [0.2, 0.25) is 0 Å². The Hall–Kier alpha value is -0.0905. The Morgan fingerprint density at radius 2 is 1.43 bits per heavy atom. The topological polar surface area (TPSA) is 103 Å². The van der Waals surface area contributed by atoms with Crippen molar-refractivity contribution in [1.82, 2.24) is 0 Å². The number of carboxylic acid groups (broad SMARTS) is 1. The van der Waals surface area contributed by atoms with Crippen LogP contribution in [0.2, 0.25) is 0 Å². The van der Waals surface area contributed by atoms with Crippen LogP contribution in [0.4, 0.5) is 0 Å². The van der Waals surface area contributed by atoms with Gasteiger partial charge in [0.1, 0.15) is 0 Å². The van der Waals surface area contributed by atoms with E-state index in [1.54, 1.807) is 0 Å². The Balaban J connectivity index is -0.0000000150. The van der Waals surface area contributed by atoms with Crippen LogP contribution in [0.5, 0.6) is 0 Å². The van der Waals surface area contributed by atoms with Crippen LogP contribution in [0.3, 0.4) is 0 Å². The van der Waals surface area contributed by atoms with Crippen LogP contribution in [0.1, 0.15) is 6.92 Å². The van der Waals surface area contributed by atoms with Gasteiger partial charge in [0.15, 0.2) is 0 Å². The van der Waals surface area contributed by atoms with Gasteiger partial charge in [-0.25, -0.2) is 0 Å². The molecule has 0 spiro atoms. The Labute approximate surface area is 51.6 Å². The zero-order valence-electron chi connectivity index (χ0n) is 3.69. The molecule has 0 aromatic carbocycles. The van der Waals surface area contributed by atoms with E-state index in [4.69, 9.17) is 9.90 Å². The fourth-order valence-corrected chi connectivity index (χ4v) is 0. The van der Waals surface area contributed by atoms with E-state index in [-0.39, 0.29) is 28.0 Å². The summed E-state index contributed by atoms with van der Waals surface area (Å²) in [4.78, 5) is 8.89. The van der Waals surface area contributed by atoms with Crippen molar-refractivity contribution in [3.63, 3.8) is 0 Å². The molecule has 0 saturated carbocycles. The summed E-state index contributed by atoms with van der Waals surface area (Å²) >= 11 is 0. The van der Waals surface area contributed by atoms with Gasteiger partial charge in [-0.2, -0.15) is 0 Å². The molecule has 4 N–H and O–H groups in total. The first kappa shape index (κ1) is 28.5. The third kappa shape index (κ3) is 11000. The van der Waals surface area contributed by atoms with Gasteiger partial charge in [-0.15, -0.1) is 0 Å². The zero-order chi connectivity index (χ0) is 3.58. The number of carboxylic acids is 1. The average Bonchev–Trinajstić information content (AvgIpc) is 0.811. The summed E-state index contributed by atoms with van der Waals surface area (Å²) in [6.45, 7) is 0.972. The molecule has 0 aliphatic heterocycles. The zero-order valence-corrected chi connectivity index (χ0v) is 4.87. The molecule has 4 nitrogen and oxygen atoms in total. The van der Waals surface area contributed by atoms with Crippen molar-refractivity contribution in [3.8, 4) is 0 Å². The molecule has 5 heteroatoms. The van der Waals surface area contributed by atoms with Gasteiger partial charge in [0, 0.05) is 5.97 Å². The molecule has 0 aliphatic rings. The molecule has 0 rings (SSSR count). The minimum Gasteiger partial charge on any atom is -0.550 e. The monoisotopic (exact) mass is 150 g/mol. The quantitative estimate of drug-likeness (QED) is 0.345. The van der Waals surface area contributed by atoms with Crippen LogP contribution < -0.4 is 5.11 Å². The minimum atomic E-state index is -1.08. The van der Waals surface area contributed by atoms with Gasteiger partial charge in [0.25, 0.3) is 0 Å². The summed E-state index contributed by atoms with van der Waals surface area (Å²) in [5.74, 6) is -1.08. The predicted octanol–water partition coefficient (Wildman–Crippen LogP) is -2.90. The summed E-state index contributed by atoms with van der Waals surface area (Å²) in [5, 5.41) is 8.89. The normalized spacial score (nSPS) is 3.57. The first-order valence-electron chi connectivity index (χ1n) is 0.908. The third-order valence-corrected chi connectivity index (χ3v) is 0. The number of carbonyl (C=O) groups excluding carboxylic acids is 1. The van der Waals surface area contributed by atoms with Gasteiger partial charge < -0.3 is 20.9 Å². The van der Waals surface area contributed by atoms with Crippen molar-refractivity contribution in [3.05, 3.63) is 0 Å². The largest absolute Gasteiger partial charge is 2.00 e. The van der Waals surface area contributed by atoms with Gasteiger partial charge >= 0.3 is 17.1 Å². The summed E-state index contributed by atoms with van der Waals surface area (Å²) in [5.41, 5.74) is 0. The molecule has 45 valence electrons. The first-order valence-corrected chi connectivity index (χ1v) is 0.908. The van der Waals surface area contributed by atoms with E-state index in [1.165, 1.54) is 0 Å². The van der Waals surface area contributed by atoms with E-state index in [9.17, 15) is 0 Å². The third-order valence-electron chi connectivity index (χ3n) is 0. The molecule has 0 saturated heterocycles. The molecule has 0 fully saturated rings. The van der Waals surface area contributed by atoms with Crippen molar-refractivity contribution in [2.45, 2.75) is 6.92 Å². The van der Waals surface area contributed by atoms with Crippen LogP contribution in [0.15, 0.2) is 0 Å². The number of hydrogen-bond acceptors (Lipinski definition) is 2. The summed E-state index contributed by atoms with van der Waals surface area (Å²) in [6, 6.07) is 0. The van der Waals surface area contributed by atoms with Crippen molar-refractivity contribution in [1.29, 1.82) is 0 Å². The Bertz CT molecular complexity index is 32.7. The van der Waals surface area contributed by atoms with Gasteiger partial charge in [-0.1, -0.05) is 0 Å². The molecule has 1 radical (unpaired) electrons. The Morgan fingerprint density at radius 1 is 1.43 bits per heavy atom. The molecule has 0 unspecified atom stereocenters. The first-order chi connectivity index (χ1) is 1.73. The van der Waals surface area contributed by atoms with E-state index < -0.39 is 5.97 Å². The molecule has 0 aromatic rings. The molecule has 0 aliphatic carbocycles. The van der Waals surface area contributed by atoms with E-state index >= 15 is 0 Å². The van der Waals surface area contributed by atoms with Crippen molar-refractivity contribution >= 4 is 5.97 Å². The number of carbonyl (C=O) groups is 1. The van der Waals surface area contributed by atoms with Crippen molar-refractivity contribution in [2.24, 2.45) is 0 Å². The van der Waals surface area contributed by atoms with E-state index in [0.717, 1.165) is 6.92 Å². The van der Waals surface area contributed by atoms with Crippen molar-refractivity contribution < 1.29 is 37.9 Å². The number of aliphatic carboxylic acids is 1. The Kier molecular flexibility index (Phi) is 68.5. The molecule has 0 bridgehead atoms. The maximum atomic E-state index is 8.89. The van der Waals surface area contributed by atoms with Gasteiger partial charge in [-0.05, 0) is 6.92 Å². The molecule has 0 heterocycles. The maximum Gasteiger partial charge on any atom is 2.00 e. The van der Waals surface area contributed by atoms with Gasteiger partial charge in [0.05, 0.1) is 0 Å². The molecule has 0 atom stereocenters. The van der Waals surface area contributed by atoms with E-state index in [0.29, 0.717) is 0 Å². The fraction of sp³-hybridized carbons (Fsp3) is 0.500. The van der Waals surface area contributed by atoms with Crippen LogP contribution >= 0.6 is 0 Å². The summed E-state index contributed by atoms with van der Waals surface area (Å²) in [6.07, 6.45) is 0. The smallest absolute Gasteiger partial charge is 0.550 e. The second kappa shape index (κ2) is 16.8. The number of rotatable bonds is 0.